The first-order valence-corrected chi connectivity index (χ1v) is 7.75. The normalized spacial score (nSPS) is 16.4. The van der Waals surface area contributed by atoms with Gasteiger partial charge in [-0.3, -0.25) is 0 Å². The number of halogens is 2. The van der Waals surface area contributed by atoms with E-state index in [2.05, 4.69) is 31.2 Å². The number of imidazole rings is 1. The van der Waals surface area contributed by atoms with E-state index in [-0.39, 0.29) is 5.89 Å². The molecule has 22 heavy (non-hydrogen) atoms. The van der Waals surface area contributed by atoms with Crippen LogP contribution in [0.1, 0.15) is 25.7 Å². The molecular formula is C14H13BrFN5O. The Morgan fingerprint density at radius 3 is 2.95 bits per heavy atom. The number of allylic oxidation sites excluding steroid dienone is 1. The smallest absolute Gasteiger partial charge is 0.286 e. The molecule has 0 atom stereocenters. The molecule has 114 valence electrons. The van der Waals surface area contributed by atoms with Gasteiger partial charge >= 0.3 is 0 Å². The van der Waals surface area contributed by atoms with E-state index >= 15 is 0 Å². The maximum atomic E-state index is 14.3. The molecule has 0 amide bonds. The van der Waals surface area contributed by atoms with Gasteiger partial charge in [-0.15, -0.1) is 0 Å². The topological polar surface area (TPSA) is 61.2 Å². The van der Waals surface area contributed by atoms with Crippen LogP contribution in [0.5, 0.6) is 0 Å². The van der Waals surface area contributed by atoms with Crippen molar-refractivity contribution in [1.29, 1.82) is 0 Å². The van der Waals surface area contributed by atoms with Gasteiger partial charge in [-0.25, -0.2) is 8.91 Å². The van der Waals surface area contributed by atoms with Crippen LogP contribution in [-0.2, 0) is 7.05 Å². The van der Waals surface area contributed by atoms with E-state index in [1.54, 1.807) is 17.6 Å². The lowest BCUT2D eigenvalue weighted by atomic mass is 10.2. The van der Waals surface area contributed by atoms with Crippen LogP contribution < -0.4 is 0 Å². The van der Waals surface area contributed by atoms with E-state index in [1.165, 1.54) is 0 Å². The monoisotopic (exact) mass is 365 g/mol. The first-order chi connectivity index (χ1) is 10.6. The molecule has 3 aromatic heterocycles. The van der Waals surface area contributed by atoms with E-state index in [4.69, 9.17) is 4.52 Å². The fourth-order valence-corrected chi connectivity index (χ4v) is 3.12. The summed E-state index contributed by atoms with van der Waals surface area (Å²) in [5.41, 5.74) is 2.19. The van der Waals surface area contributed by atoms with Gasteiger partial charge in [-0.2, -0.15) is 10.1 Å². The Labute approximate surface area is 133 Å². The number of hydrogen-bond acceptors (Lipinski definition) is 4. The standard InChI is InChI=1S/C14H13BrFN5O/c1-7(8-3-4-8)11(16)13-18-12(19-22-13)9-5-17-21-10(15)6-20(2)14(9)21/h5-6,8H,3-4H2,1-2H3/b11-7-. The summed E-state index contributed by atoms with van der Waals surface area (Å²) in [4.78, 5) is 4.19. The molecule has 1 aliphatic carbocycles. The molecule has 1 aliphatic rings. The number of nitrogens with zero attached hydrogens (tertiary/aromatic N) is 5. The Morgan fingerprint density at radius 2 is 2.23 bits per heavy atom. The minimum absolute atomic E-state index is 0.0629. The molecule has 0 N–H and O–H groups in total. The molecule has 1 saturated carbocycles. The van der Waals surface area contributed by atoms with Crippen molar-refractivity contribution in [2.24, 2.45) is 13.0 Å². The van der Waals surface area contributed by atoms with Gasteiger partial charge in [0.05, 0.1) is 11.8 Å². The number of aryl methyl sites for hydroxylation is 1. The molecule has 4 rings (SSSR count). The van der Waals surface area contributed by atoms with E-state index in [0.29, 0.717) is 22.9 Å². The van der Waals surface area contributed by atoms with Crippen molar-refractivity contribution in [3.05, 3.63) is 28.5 Å². The van der Waals surface area contributed by atoms with Crippen LogP contribution >= 0.6 is 15.9 Å². The van der Waals surface area contributed by atoms with Gasteiger partial charge in [0, 0.05) is 13.2 Å². The van der Waals surface area contributed by atoms with Crippen molar-refractivity contribution in [3.63, 3.8) is 0 Å². The average molecular weight is 366 g/mol. The maximum Gasteiger partial charge on any atom is 0.286 e. The van der Waals surface area contributed by atoms with Gasteiger partial charge in [0.1, 0.15) is 10.3 Å². The van der Waals surface area contributed by atoms with Crippen molar-refractivity contribution in [2.75, 3.05) is 0 Å². The third kappa shape index (κ3) is 2.01. The first kappa shape index (κ1) is 13.7. The minimum atomic E-state index is -0.405. The van der Waals surface area contributed by atoms with Crippen LogP contribution in [-0.4, -0.2) is 24.3 Å². The largest absolute Gasteiger partial charge is 0.333 e. The summed E-state index contributed by atoms with van der Waals surface area (Å²) in [5.74, 6) is 0.184. The van der Waals surface area contributed by atoms with E-state index < -0.39 is 5.83 Å². The molecule has 0 aliphatic heterocycles. The molecule has 6 nitrogen and oxygen atoms in total. The van der Waals surface area contributed by atoms with Crippen molar-refractivity contribution < 1.29 is 8.91 Å². The average Bonchev–Trinajstić information content (AvgIpc) is 2.96. The van der Waals surface area contributed by atoms with Crippen LogP contribution in [0.2, 0.25) is 0 Å². The molecule has 8 heteroatoms. The summed E-state index contributed by atoms with van der Waals surface area (Å²) in [6.45, 7) is 1.78. The highest BCUT2D eigenvalue weighted by Crippen LogP contribution is 2.40. The summed E-state index contributed by atoms with van der Waals surface area (Å²) >= 11 is 3.42. The summed E-state index contributed by atoms with van der Waals surface area (Å²) < 4.78 is 23.8. The second-order valence-electron chi connectivity index (χ2n) is 5.55. The zero-order chi connectivity index (χ0) is 15.4. The molecule has 0 bridgehead atoms. The Balaban J connectivity index is 1.79. The van der Waals surface area contributed by atoms with Crippen molar-refractivity contribution >= 4 is 27.4 Å². The highest BCUT2D eigenvalue weighted by atomic mass is 79.9. The van der Waals surface area contributed by atoms with Crippen LogP contribution in [0.4, 0.5) is 4.39 Å². The Bertz CT molecular complexity index is 902. The van der Waals surface area contributed by atoms with Crippen molar-refractivity contribution in [3.8, 4) is 11.4 Å². The molecule has 0 unspecified atom stereocenters. The summed E-state index contributed by atoms with van der Waals surface area (Å²) in [6.07, 6.45) is 5.58. The lowest BCUT2D eigenvalue weighted by Crippen LogP contribution is -1.90. The third-order valence-corrected chi connectivity index (χ3v) is 4.51. The zero-order valence-corrected chi connectivity index (χ0v) is 13.6. The maximum absolute atomic E-state index is 14.3. The van der Waals surface area contributed by atoms with Crippen LogP contribution in [0, 0.1) is 5.92 Å². The van der Waals surface area contributed by atoms with Crippen LogP contribution in [0.15, 0.2) is 27.1 Å². The molecule has 0 radical (unpaired) electrons. The van der Waals surface area contributed by atoms with Crippen molar-refractivity contribution in [1.82, 2.24) is 24.3 Å². The van der Waals surface area contributed by atoms with Gasteiger partial charge < -0.3 is 9.09 Å². The predicted molar refractivity (Wildman–Crippen MR) is 81.6 cm³/mol. The Kier molecular flexibility index (Phi) is 2.97. The van der Waals surface area contributed by atoms with Gasteiger partial charge in [0.25, 0.3) is 5.89 Å². The molecule has 0 saturated heterocycles. The quantitative estimate of drug-likeness (QED) is 0.711. The van der Waals surface area contributed by atoms with Crippen molar-refractivity contribution in [2.45, 2.75) is 19.8 Å². The van der Waals surface area contributed by atoms with E-state index in [1.807, 2.05) is 17.8 Å². The second kappa shape index (κ2) is 4.77. The van der Waals surface area contributed by atoms with E-state index in [0.717, 1.165) is 23.1 Å². The molecular weight excluding hydrogens is 353 g/mol. The Morgan fingerprint density at radius 1 is 1.45 bits per heavy atom. The fraction of sp³-hybridized carbons (Fsp3) is 0.357. The number of hydrogen-bond donors (Lipinski definition) is 0. The SMILES string of the molecule is C/C(=C(/F)c1nc(-c2cnn3c(Br)cn(C)c23)no1)C1CC1. The number of aromatic nitrogens is 5. The highest BCUT2D eigenvalue weighted by Gasteiger charge is 2.28. The summed E-state index contributed by atoms with van der Waals surface area (Å²) in [7, 11) is 1.89. The van der Waals surface area contributed by atoms with Crippen LogP contribution in [0.25, 0.3) is 22.9 Å². The Hall–Kier alpha value is -1.96. The van der Waals surface area contributed by atoms with Gasteiger partial charge in [0.2, 0.25) is 5.82 Å². The molecule has 3 heterocycles. The lowest BCUT2D eigenvalue weighted by Gasteiger charge is -1.96. The molecule has 0 spiro atoms. The van der Waals surface area contributed by atoms with Crippen LogP contribution in [0.3, 0.4) is 0 Å². The lowest BCUT2D eigenvalue weighted by molar-refractivity contribution is 0.397. The van der Waals surface area contributed by atoms with Gasteiger partial charge in [-0.05, 0) is 47.2 Å². The molecule has 0 aromatic carbocycles. The predicted octanol–water partition coefficient (Wildman–Crippen LogP) is 3.60. The first-order valence-electron chi connectivity index (χ1n) is 6.95. The number of rotatable bonds is 3. The molecule has 1 fully saturated rings. The molecule has 3 aromatic rings. The fourth-order valence-electron chi connectivity index (χ4n) is 2.56. The minimum Gasteiger partial charge on any atom is -0.333 e. The third-order valence-electron chi connectivity index (χ3n) is 3.97. The summed E-state index contributed by atoms with van der Waals surface area (Å²) in [6, 6.07) is 0. The second-order valence-corrected chi connectivity index (χ2v) is 6.36. The summed E-state index contributed by atoms with van der Waals surface area (Å²) in [5, 5.41) is 8.16. The van der Waals surface area contributed by atoms with Gasteiger partial charge in [0.15, 0.2) is 5.83 Å². The van der Waals surface area contributed by atoms with E-state index in [9.17, 15) is 4.39 Å². The van der Waals surface area contributed by atoms with Gasteiger partial charge in [-0.1, -0.05) is 5.16 Å². The number of fused-ring (bicyclic) bond motifs is 1. The zero-order valence-electron chi connectivity index (χ0n) is 12.0. The highest BCUT2D eigenvalue weighted by molar-refractivity contribution is 9.10.